The average molecular weight is 320 g/mol. The van der Waals surface area contributed by atoms with Gasteiger partial charge in [0.15, 0.2) is 0 Å². The fourth-order valence-electron chi connectivity index (χ4n) is 1.71. The average Bonchev–Trinajstić information content (AvgIpc) is 2.42. The van der Waals surface area contributed by atoms with Crippen molar-refractivity contribution in [3.05, 3.63) is 58.1 Å². The second-order valence-electron chi connectivity index (χ2n) is 4.17. The molecule has 2 rings (SSSR count). The summed E-state index contributed by atoms with van der Waals surface area (Å²) in [5.74, 6) is -0.367. The molecule has 1 amide bonds. The highest BCUT2D eigenvalue weighted by Crippen LogP contribution is 2.23. The maximum Gasteiger partial charge on any atom is 0.259 e. The quantitative estimate of drug-likeness (QED) is 0.899. The van der Waals surface area contributed by atoms with Gasteiger partial charge in [0.25, 0.3) is 5.91 Å². The first-order valence-electron chi connectivity index (χ1n) is 5.99. The topological polar surface area (TPSA) is 49.3 Å². The van der Waals surface area contributed by atoms with Crippen molar-refractivity contribution in [3.8, 4) is 5.75 Å². The van der Waals surface area contributed by atoms with Crippen LogP contribution in [0.3, 0.4) is 0 Å². The molecule has 0 aromatic heterocycles. The van der Waals surface area contributed by atoms with Crippen LogP contribution >= 0.6 is 15.9 Å². The lowest BCUT2D eigenvalue weighted by molar-refractivity contribution is 0.102. The first-order chi connectivity index (χ1) is 9.10. The second-order valence-corrected chi connectivity index (χ2v) is 5.08. The monoisotopic (exact) mass is 319 g/mol. The van der Waals surface area contributed by atoms with Crippen molar-refractivity contribution in [3.63, 3.8) is 0 Å². The van der Waals surface area contributed by atoms with Gasteiger partial charge in [-0.1, -0.05) is 35.0 Å². The van der Waals surface area contributed by atoms with E-state index in [1.165, 1.54) is 11.6 Å². The molecule has 0 aliphatic rings. The van der Waals surface area contributed by atoms with E-state index >= 15 is 0 Å². The van der Waals surface area contributed by atoms with Gasteiger partial charge in [-0.25, -0.2) is 0 Å². The smallest absolute Gasteiger partial charge is 0.259 e. The molecule has 0 unspecified atom stereocenters. The van der Waals surface area contributed by atoms with Gasteiger partial charge in [-0.15, -0.1) is 0 Å². The molecule has 2 aromatic rings. The van der Waals surface area contributed by atoms with E-state index in [4.69, 9.17) is 0 Å². The van der Waals surface area contributed by atoms with Gasteiger partial charge < -0.3 is 10.4 Å². The standard InChI is InChI=1S/C15H14BrNO2/c1-2-10-3-6-12(7-4-10)17-15(19)13-9-11(16)5-8-14(13)18/h3-9,18H,2H2,1H3,(H,17,19). The van der Waals surface area contributed by atoms with Gasteiger partial charge >= 0.3 is 0 Å². The van der Waals surface area contributed by atoms with E-state index in [1.54, 1.807) is 12.1 Å². The Hall–Kier alpha value is -1.81. The SMILES string of the molecule is CCc1ccc(NC(=O)c2cc(Br)ccc2O)cc1. The third kappa shape index (κ3) is 3.35. The third-order valence-corrected chi connectivity index (χ3v) is 3.32. The lowest BCUT2D eigenvalue weighted by Crippen LogP contribution is -2.12. The molecule has 0 saturated carbocycles. The number of nitrogens with one attached hydrogen (secondary N) is 1. The van der Waals surface area contributed by atoms with Gasteiger partial charge in [0, 0.05) is 10.2 Å². The number of amides is 1. The molecule has 0 fully saturated rings. The van der Waals surface area contributed by atoms with Crippen LogP contribution in [0.5, 0.6) is 5.75 Å². The minimum Gasteiger partial charge on any atom is -0.507 e. The molecule has 2 N–H and O–H groups in total. The maximum atomic E-state index is 12.0. The van der Waals surface area contributed by atoms with Crippen LogP contribution in [0.25, 0.3) is 0 Å². The van der Waals surface area contributed by atoms with Crippen LogP contribution in [0.4, 0.5) is 5.69 Å². The Morgan fingerprint density at radius 3 is 2.53 bits per heavy atom. The van der Waals surface area contributed by atoms with Crippen LogP contribution in [0, 0.1) is 0 Å². The summed E-state index contributed by atoms with van der Waals surface area (Å²) < 4.78 is 0.747. The van der Waals surface area contributed by atoms with E-state index in [0.717, 1.165) is 10.9 Å². The molecule has 0 bridgehead atoms. The predicted molar refractivity (Wildman–Crippen MR) is 79.6 cm³/mol. The fraction of sp³-hybridized carbons (Fsp3) is 0.133. The van der Waals surface area contributed by atoms with E-state index in [9.17, 15) is 9.90 Å². The molecule has 0 aliphatic carbocycles. The minimum absolute atomic E-state index is 0.0362. The van der Waals surface area contributed by atoms with Gasteiger partial charge in [-0.2, -0.15) is 0 Å². The summed E-state index contributed by atoms with van der Waals surface area (Å²) in [6, 6.07) is 12.4. The Labute approximate surface area is 120 Å². The summed E-state index contributed by atoms with van der Waals surface area (Å²) in [5, 5.41) is 12.4. The highest BCUT2D eigenvalue weighted by atomic mass is 79.9. The summed E-state index contributed by atoms with van der Waals surface area (Å²) in [4.78, 5) is 12.0. The third-order valence-electron chi connectivity index (χ3n) is 2.82. The van der Waals surface area contributed by atoms with E-state index in [-0.39, 0.29) is 17.2 Å². The molecule has 2 aromatic carbocycles. The molecule has 0 spiro atoms. The van der Waals surface area contributed by atoms with E-state index in [1.807, 2.05) is 24.3 Å². The summed E-state index contributed by atoms with van der Waals surface area (Å²) in [5.41, 5.74) is 2.17. The minimum atomic E-state index is -0.331. The second kappa shape index (κ2) is 5.89. The molecular weight excluding hydrogens is 306 g/mol. The number of carbonyl (C=O) groups is 1. The number of hydrogen-bond acceptors (Lipinski definition) is 2. The van der Waals surface area contributed by atoms with Crippen molar-refractivity contribution in [2.75, 3.05) is 5.32 Å². The van der Waals surface area contributed by atoms with Crippen molar-refractivity contribution in [1.29, 1.82) is 0 Å². The first-order valence-corrected chi connectivity index (χ1v) is 6.78. The number of benzene rings is 2. The number of rotatable bonds is 3. The van der Waals surface area contributed by atoms with Crippen LogP contribution in [0.1, 0.15) is 22.8 Å². The molecule has 98 valence electrons. The number of halogens is 1. The number of hydrogen-bond donors (Lipinski definition) is 2. The van der Waals surface area contributed by atoms with Crippen LogP contribution in [-0.2, 0) is 6.42 Å². The fourth-order valence-corrected chi connectivity index (χ4v) is 2.07. The van der Waals surface area contributed by atoms with E-state index in [2.05, 4.69) is 28.2 Å². The Kier molecular flexibility index (Phi) is 4.22. The lowest BCUT2D eigenvalue weighted by Gasteiger charge is -2.08. The molecule has 3 nitrogen and oxygen atoms in total. The highest BCUT2D eigenvalue weighted by Gasteiger charge is 2.11. The van der Waals surface area contributed by atoms with Crippen molar-refractivity contribution >= 4 is 27.5 Å². The summed E-state index contributed by atoms with van der Waals surface area (Å²) in [6.07, 6.45) is 0.959. The van der Waals surface area contributed by atoms with E-state index in [0.29, 0.717) is 5.69 Å². The van der Waals surface area contributed by atoms with Crippen molar-refractivity contribution < 1.29 is 9.90 Å². The zero-order chi connectivity index (χ0) is 13.8. The summed E-state index contributed by atoms with van der Waals surface area (Å²) in [6.45, 7) is 2.08. The Morgan fingerprint density at radius 2 is 1.89 bits per heavy atom. The molecule has 0 aliphatic heterocycles. The summed E-state index contributed by atoms with van der Waals surface area (Å²) >= 11 is 3.28. The molecule has 0 radical (unpaired) electrons. The number of aryl methyl sites for hydroxylation is 1. The number of aromatic hydroxyl groups is 1. The van der Waals surface area contributed by atoms with Crippen LogP contribution in [-0.4, -0.2) is 11.0 Å². The molecule has 4 heteroatoms. The zero-order valence-electron chi connectivity index (χ0n) is 10.5. The Bertz CT molecular complexity index is 594. The van der Waals surface area contributed by atoms with Crippen LogP contribution in [0.2, 0.25) is 0 Å². The van der Waals surface area contributed by atoms with Gasteiger partial charge in [-0.05, 0) is 42.3 Å². The largest absolute Gasteiger partial charge is 0.507 e. The van der Waals surface area contributed by atoms with Gasteiger partial charge in [-0.3, -0.25) is 4.79 Å². The van der Waals surface area contributed by atoms with Crippen LogP contribution in [0.15, 0.2) is 46.9 Å². The number of carbonyl (C=O) groups excluding carboxylic acids is 1. The molecule has 0 heterocycles. The zero-order valence-corrected chi connectivity index (χ0v) is 12.1. The van der Waals surface area contributed by atoms with Gasteiger partial charge in [0.05, 0.1) is 5.56 Å². The molecule has 0 atom stereocenters. The molecular formula is C15H14BrNO2. The predicted octanol–water partition coefficient (Wildman–Crippen LogP) is 3.97. The lowest BCUT2D eigenvalue weighted by atomic mass is 10.1. The number of phenolic OH excluding ortho intramolecular Hbond substituents is 1. The molecule has 0 saturated heterocycles. The van der Waals surface area contributed by atoms with Gasteiger partial charge in [0.1, 0.15) is 5.75 Å². The molecule has 19 heavy (non-hydrogen) atoms. The van der Waals surface area contributed by atoms with Gasteiger partial charge in [0.2, 0.25) is 0 Å². The number of phenols is 1. The first kappa shape index (κ1) is 13.6. The Balaban J connectivity index is 2.18. The highest BCUT2D eigenvalue weighted by molar-refractivity contribution is 9.10. The van der Waals surface area contributed by atoms with Crippen LogP contribution < -0.4 is 5.32 Å². The van der Waals surface area contributed by atoms with Crippen molar-refractivity contribution in [2.45, 2.75) is 13.3 Å². The van der Waals surface area contributed by atoms with Crippen molar-refractivity contribution in [2.24, 2.45) is 0 Å². The maximum absolute atomic E-state index is 12.0. The summed E-state index contributed by atoms with van der Waals surface area (Å²) in [7, 11) is 0. The van der Waals surface area contributed by atoms with Crippen molar-refractivity contribution in [1.82, 2.24) is 0 Å². The number of anilines is 1. The Morgan fingerprint density at radius 1 is 1.21 bits per heavy atom. The van der Waals surface area contributed by atoms with E-state index < -0.39 is 0 Å². The normalized spacial score (nSPS) is 10.2.